The molecule has 1 aliphatic heterocycles. The molecule has 5 rings (SSSR count). The van der Waals surface area contributed by atoms with Crippen LogP contribution in [0.25, 0.3) is 0 Å². The Morgan fingerprint density at radius 2 is 1.38 bits per heavy atom. The Bertz CT molecular complexity index is 1530. The van der Waals surface area contributed by atoms with Crippen molar-refractivity contribution < 1.29 is 14.7 Å². The molecule has 4 aromatic carbocycles. The lowest BCUT2D eigenvalue weighted by molar-refractivity contribution is 0.103. The molecular weight excluding hydrogens is 537 g/mol. The lowest BCUT2D eigenvalue weighted by Gasteiger charge is -2.33. The standard InChI is InChI=1S/C37H40NO3P/c1-3-21-37(2,42-33-20-12-11-19-29(33)26-38-22-13-6-14-23-38)32-25-30(34(39)27-15-7-4-8-16-27)24-31(36(32)41)35(40)28-17-9-5-10-18-28/h4-5,7-12,15-20,24-25,41-42H,3,6,13-14,21-23,26H2,1-2H3. The summed E-state index contributed by atoms with van der Waals surface area (Å²) in [5.41, 5.74) is 3.61. The Balaban J connectivity index is 1.61. The first kappa shape index (κ1) is 29.9. The number of ketones is 2. The maximum absolute atomic E-state index is 13.8. The van der Waals surface area contributed by atoms with Gasteiger partial charge < -0.3 is 5.11 Å². The van der Waals surface area contributed by atoms with E-state index in [2.05, 4.69) is 43.0 Å². The number of aromatic hydroxyl groups is 1. The van der Waals surface area contributed by atoms with Gasteiger partial charge in [-0.05, 0) is 55.4 Å². The molecule has 1 N–H and O–H groups in total. The normalized spacial score (nSPS) is 15.5. The molecule has 0 spiro atoms. The molecule has 5 heteroatoms. The summed E-state index contributed by atoms with van der Waals surface area (Å²) in [6.07, 6.45) is 5.49. The summed E-state index contributed by atoms with van der Waals surface area (Å²) in [4.78, 5) is 30.1. The highest BCUT2D eigenvalue weighted by atomic mass is 31.1. The van der Waals surface area contributed by atoms with Crippen molar-refractivity contribution in [2.45, 2.75) is 57.7 Å². The van der Waals surface area contributed by atoms with Gasteiger partial charge in [0.15, 0.2) is 11.6 Å². The van der Waals surface area contributed by atoms with Gasteiger partial charge >= 0.3 is 0 Å². The minimum atomic E-state index is -0.477. The highest BCUT2D eigenvalue weighted by Gasteiger charge is 2.33. The van der Waals surface area contributed by atoms with Crippen LogP contribution >= 0.6 is 8.58 Å². The first-order chi connectivity index (χ1) is 20.4. The van der Waals surface area contributed by atoms with Crippen molar-refractivity contribution >= 4 is 25.5 Å². The summed E-state index contributed by atoms with van der Waals surface area (Å²) in [6.45, 7) is 7.49. The number of piperidine rings is 1. The number of carbonyl (C=O) groups is 2. The van der Waals surface area contributed by atoms with Crippen LogP contribution < -0.4 is 5.30 Å². The fourth-order valence-electron chi connectivity index (χ4n) is 6.06. The van der Waals surface area contributed by atoms with Gasteiger partial charge in [0.25, 0.3) is 0 Å². The van der Waals surface area contributed by atoms with Gasteiger partial charge in [-0.2, -0.15) is 0 Å². The highest BCUT2D eigenvalue weighted by Crippen LogP contribution is 2.50. The Morgan fingerprint density at radius 1 is 0.786 bits per heavy atom. The van der Waals surface area contributed by atoms with Gasteiger partial charge in [-0.15, -0.1) is 0 Å². The van der Waals surface area contributed by atoms with Crippen LogP contribution in [0, 0.1) is 0 Å². The Kier molecular flexibility index (Phi) is 9.67. The van der Waals surface area contributed by atoms with Gasteiger partial charge in [0.2, 0.25) is 0 Å². The molecule has 0 aromatic heterocycles. The topological polar surface area (TPSA) is 57.6 Å². The van der Waals surface area contributed by atoms with Crippen molar-refractivity contribution in [1.29, 1.82) is 0 Å². The van der Waals surface area contributed by atoms with Crippen LogP contribution in [0.1, 0.15) is 88.9 Å². The van der Waals surface area contributed by atoms with Crippen LogP contribution in [-0.2, 0) is 11.7 Å². The Hall–Kier alpha value is -3.59. The third-order valence-electron chi connectivity index (χ3n) is 8.30. The van der Waals surface area contributed by atoms with Crippen LogP contribution in [-0.4, -0.2) is 34.7 Å². The summed E-state index contributed by atoms with van der Waals surface area (Å²) in [7, 11) is 0.353. The predicted octanol–water partition coefficient (Wildman–Crippen LogP) is 7.86. The molecule has 1 fully saturated rings. The molecule has 42 heavy (non-hydrogen) atoms. The van der Waals surface area contributed by atoms with E-state index in [-0.39, 0.29) is 22.9 Å². The van der Waals surface area contributed by atoms with E-state index in [1.165, 1.54) is 30.1 Å². The molecule has 4 nitrogen and oxygen atoms in total. The van der Waals surface area contributed by atoms with Gasteiger partial charge in [-0.1, -0.05) is 120 Å². The van der Waals surface area contributed by atoms with E-state index < -0.39 is 5.16 Å². The van der Waals surface area contributed by atoms with E-state index in [9.17, 15) is 14.7 Å². The summed E-state index contributed by atoms with van der Waals surface area (Å²) in [6, 6.07) is 30.2. The zero-order valence-electron chi connectivity index (χ0n) is 24.6. The van der Waals surface area contributed by atoms with Gasteiger partial charge in [0.05, 0.1) is 5.56 Å². The van der Waals surface area contributed by atoms with Gasteiger partial charge in [-0.3, -0.25) is 14.5 Å². The van der Waals surface area contributed by atoms with Gasteiger partial charge in [-0.25, -0.2) is 0 Å². The van der Waals surface area contributed by atoms with Crippen molar-refractivity contribution in [2.75, 3.05) is 13.1 Å². The molecule has 2 unspecified atom stereocenters. The van der Waals surface area contributed by atoms with E-state index in [1.54, 1.807) is 30.3 Å². The summed E-state index contributed by atoms with van der Waals surface area (Å²) >= 11 is 0. The lowest BCUT2D eigenvalue weighted by atomic mass is 9.87. The zero-order chi connectivity index (χ0) is 29.5. The van der Waals surface area contributed by atoms with E-state index >= 15 is 0 Å². The number of rotatable bonds is 11. The van der Waals surface area contributed by atoms with Gasteiger partial charge in [0, 0.05) is 34.0 Å². The molecule has 1 aliphatic rings. The molecule has 0 radical (unpaired) electrons. The Labute approximate surface area is 251 Å². The van der Waals surface area contributed by atoms with Crippen LogP contribution in [0.2, 0.25) is 0 Å². The highest BCUT2D eigenvalue weighted by molar-refractivity contribution is 7.48. The second kappa shape index (κ2) is 13.6. The van der Waals surface area contributed by atoms with Crippen LogP contribution in [0.4, 0.5) is 0 Å². The number of hydrogen-bond donors (Lipinski definition) is 1. The summed E-state index contributed by atoms with van der Waals surface area (Å²) in [5, 5.41) is 12.6. The van der Waals surface area contributed by atoms with E-state index in [0.717, 1.165) is 32.5 Å². The summed E-state index contributed by atoms with van der Waals surface area (Å²) < 4.78 is 0. The Morgan fingerprint density at radius 3 is 2.02 bits per heavy atom. The average Bonchev–Trinajstić information content (AvgIpc) is 3.03. The molecule has 1 saturated heterocycles. The van der Waals surface area contributed by atoms with Crippen LogP contribution in [0.15, 0.2) is 97.1 Å². The van der Waals surface area contributed by atoms with Crippen LogP contribution in [0.3, 0.4) is 0 Å². The smallest absolute Gasteiger partial charge is 0.196 e. The third-order valence-corrected chi connectivity index (χ3v) is 10.1. The quantitative estimate of drug-likeness (QED) is 0.146. The molecular formula is C37H40NO3P. The molecule has 1 heterocycles. The third kappa shape index (κ3) is 6.72. The van der Waals surface area contributed by atoms with Crippen molar-refractivity contribution in [3.8, 4) is 5.75 Å². The largest absolute Gasteiger partial charge is 0.507 e. The predicted molar refractivity (Wildman–Crippen MR) is 174 cm³/mol. The fraction of sp³-hybridized carbons (Fsp3) is 0.297. The number of phenols is 1. The minimum absolute atomic E-state index is 0.0228. The first-order valence-corrected chi connectivity index (χ1v) is 16.0. The maximum Gasteiger partial charge on any atom is 0.196 e. The van der Waals surface area contributed by atoms with Gasteiger partial charge in [0.1, 0.15) is 5.75 Å². The van der Waals surface area contributed by atoms with Crippen molar-refractivity contribution in [3.05, 3.63) is 130 Å². The molecule has 0 amide bonds. The fourth-order valence-corrected chi connectivity index (χ4v) is 7.86. The maximum atomic E-state index is 13.8. The number of benzene rings is 4. The van der Waals surface area contributed by atoms with Crippen molar-refractivity contribution in [2.24, 2.45) is 0 Å². The minimum Gasteiger partial charge on any atom is -0.507 e. The van der Waals surface area contributed by atoms with E-state index in [0.29, 0.717) is 30.8 Å². The molecule has 2 atom stereocenters. The average molecular weight is 578 g/mol. The SMILES string of the molecule is CCCC(C)(Pc1ccccc1CN1CCCCC1)c1cc(C(=O)c2ccccc2)cc(C(=O)c2ccccc2)c1O. The molecule has 0 saturated carbocycles. The lowest BCUT2D eigenvalue weighted by Crippen LogP contribution is -2.31. The number of nitrogens with zero attached hydrogens (tertiary/aromatic N) is 1. The van der Waals surface area contributed by atoms with Crippen molar-refractivity contribution in [1.82, 2.24) is 4.90 Å². The number of hydrogen-bond acceptors (Lipinski definition) is 4. The first-order valence-electron chi connectivity index (χ1n) is 15.0. The zero-order valence-corrected chi connectivity index (χ0v) is 25.6. The summed E-state index contributed by atoms with van der Waals surface area (Å²) in [5.74, 6) is -0.471. The number of carbonyl (C=O) groups excluding carboxylic acids is 2. The number of likely N-dealkylation sites (tertiary alicyclic amines) is 1. The molecule has 216 valence electrons. The monoisotopic (exact) mass is 577 g/mol. The van der Waals surface area contributed by atoms with E-state index in [4.69, 9.17) is 0 Å². The second-order valence-corrected chi connectivity index (χ2v) is 13.4. The molecule has 0 bridgehead atoms. The number of phenolic OH excluding ortho intramolecular Hbond substituents is 1. The molecule has 4 aromatic rings. The molecule has 0 aliphatic carbocycles. The van der Waals surface area contributed by atoms with E-state index in [1.807, 2.05) is 42.5 Å². The van der Waals surface area contributed by atoms with Crippen LogP contribution in [0.5, 0.6) is 5.75 Å². The second-order valence-electron chi connectivity index (χ2n) is 11.5. The van der Waals surface area contributed by atoms with Crippen molar-refractivity contribution in [3.63, 3.8) is 0 Å².